The molecule has 3 aromatic rings. The Morgan fingerprint density at radius 3 is 2.24 bits per heavy atom. The first-order valence-electron chi connectivity index (χ1n) is 8.80. The summed E-state index contributed by atoms with van der Waals surface area (Å²) in [6.07, 6.45) is 0.193. The predicted octanol–water partition coefficient (Wildman–Crippen LogP) is 4.04. The Labute approximate surface area is 164 Å². The summed E-state index contributed by atoms with van der Waals surface area (Å²) in [6.45, 7) is 1.18. The highest BCUT2D eigenvalue weighted by Gasteiger charge is 2.32. The summed E-state index contributed by atoms with van der Waals surface area (Å²) in [4.78, 5) is 23.3. The number of ether oxygens (including phenoxy) is 1. The van der Waals surface area contributed by atoms with Crippen LogP contribution < -0.4 is 0 Å². The minimum Gasteiger partial charge on any atom is -0.456 e. The molecule has 0 spiro atoms. The van der Waals surface area contributed by atoms with E-state index >= 15 is 0 Å². The molecule has 0 fully saturated rings. The summed E-state index contributed by atoms with van der Waals surface area (Å²) in [5.41, 5.74) is -0.436. The van der Waals surface area contributed by atoms with Crippen LogP contribution in [0.1, 0.15) is 34.2 Å². The Morgan fingerprint density at radius 1 is 1.10 bits per heavy atom. The number of hydrogen-bond donors (Lipinski definition) is 0. The second-order valence-corrected chi connectivity index (χ2v) is 6.17. The second kappa shape index (κ2) is 8.59. The van der Waals surface area contributed by atoms with E-state index in [0.717, 1.165) is 0 Å². The van der Waals surface area contributed by atoms with Gasteiger partial charge >= 0.3 is 11.7 Å². The van der Waals surface area contributed by atoms with Gasteiger partial charge in [-0.1, -0.05) is 43.3 Å². The average molecular weight is 401 g/mol. The van der Waals surface area contributed by atoms with Crippen LogP contribution >= 0.6 is 0 Å². The van der Waals surface area contributed by atoms with Gasteiger partial charge in [-0.3, -0.25) is 14.8 Å². The molecule has 1 aromatic heterocycles. The summed E-state index contributed by atoms with van der Waals surface area (Å²) in [7, 11) is 0. The minimum absolute atomic E-state index is 0.0860. The molecule has 7 nitrogen and oxygen atoms in total. The zero-order valence-corrected chi connectivity index (χ0v) is 15.5. The molecule has 0 aliphatic rings. The van der Waals surface area contributed by atoms with Crippen LogP contribution in [0.25, 0.3) is 0 Å². The third kappa shape index (κ3) is 4.29. The van der Waals surface area contributed by atoms with Gasteiger partial charge in [0.05, 0.1) is 11.5 Å². The van der Waals surface area contributed by atoms with Gasteiger partial charge in [-0.25, -0.2) is 13.6 Å². The highest BCUT2D eigenvalue weighted by atomic mass is 19.1. The molecule has 9 heteroatoms. The van der Waals surface area contributed by atoms with Crippen molar-refractivity contribution in [3.05, 3.63) is 92.8 Å². The molecule has 0 aliphatic heterocycles. The summed E-state index contributed by atoms with van der Waals surface area (Å²) < 4.78 is 33.9. The normalized spacial score (nSPS) is 10.7. The van der Waals surface area contributed by atoms with Crippen molar-refractivity contribution in [2.45, 2.75) is 26.5 Å². The second-order valence-electron chi connectivity index (χ2n) is 6.17. The monoisotopic (exact) mass is 401 g/mol. The number of nitrogens with zero attached hydrogens (tertiary/aromatic N) is 3. The van der Waals surface area contributed by atoms with Crippen molar-refractivity contribution in [2.24, 2.45) is 0 Å². The lowest BCUT2D eigenvalue weighted by molar-refractivity contribution is -0.386. The first-order chi connectivity index (χ1) is 13.9. The molecule has 0 aliphatic carbocycles. The number of benzene rings is 2. The number of rotatable bonds is 7. The van der Waals surface area contributed by atoms with Crippen molar-refractivity contribution in [3.63, 3.8) is 0 Å². The Balaban J connectivity index is 1.92. The molecule has 0 atom stereocenters. The van der Waals surface area contributed by atoms with E-state index in [0.29, 0.717) is 0 Å². The fourth-order valence-electron chi connectivity index (χ4n) is 2.91. The number of halogens is 2. The quantitative estimate of drug-likeness (QED) is 0.339. The van der Waals surface area contributed by atoms with Crippen LogP contribution in [0.2, 0.25) is 0 Å². The lowest BCUT2D eigenvalue weighted by atomic mass is 10.2. The molecule has 0 radical (unpaired) electrons. The lowest BCUT2D eigenvalue weighted by Crippen LogP contribution is -2.10. The number of carbonyl (C=O) groups is 1. The van der Waals surface area contributed by atoms with Crippen LogP contribution in [0.3, 0.4) is 0 Å². The van der Waals surface area contributed by atoms with Gasteiger partial charge in [0.2, 0.25) is 5.69 Å². The van der Waals surface area contributed by atoms with Gasteiger partial charge in [0.15, 0.2) is 0 Å². The number of carbonyl (C=O) groups excluding carboxylic acids is 1. The van der Waals surface area contributed by atoms with Gasteiger partial charge in [0, 0.05) is 11.1 Å². The molecular weight excluding hydrogens is 384 g/mol. The third-order valence-electron chi connectivity index (χ3n) is 4.34. The predicted molar refractivity (Wildman–Crippen MR) is 99.3 cm³/mol. The first-order valence-corrected chi connectivity index (χ1v) is 8.80. The zero-order chi connectivity index (χ0) is 21.0. The maximum absolute atomic E-state index is 14.0. The standard InChI is InChI=1S/C20H17F2N3O4/c1-2-17-19(25(27)28)18(20(26)29-12-14-8-4-6-10-16(14)22)23-24(17)11-13-7-3-5-9-15(13)21/h3-10H,2,11-12H2,1H3. The summed E-state index contributed by atoms with van der Waals surface area (Å²) >= 11 is 0. The van der Waals surface area contributed by atoms with Gasteiger partial charge in [-0.05, 0) is 18.6 Å². The smallest absolute Gasteiger partial charge is 0.366 e. The molecular formula is C20H17F2N3O4. The summed E-state index contributed by atoms with van der Waals surface area (Å²) in [6, 6.07) is 11.7. The molecule has 3 rings (SSSR count). The van der Waals surface area contributed by atoms with E-state index in [1.807, 2.05) is 0 Å². The van der Waals surface area contributed by atoms with Crippen LogP contribution in [0.15, 0.2) is 48.5 Å². The summed E-state index contributed by atoms with van der Waals surface area (Å²) in [5, 5.41) is 15.6. The van der Waals surface area contributed by atoms with Gasteiger partial charge in [-0.2, -0.15) is 5.10 Å². The van der Waals surface area contributed by atoms with Crippen molar-refractivity contribution in [2.75, 3.05) is 0 Å². The fourth-order valence-corrected chi connectivity index (χ4v) is 2.91. The van der Waals surface area contributed by atoms with Crippen LogP contribution in [-0.4, -0.2) is 20.7 Å². The molecule has 150 valence electrons. The minimum atomic E-state index is -1.05. The molecule has 0 bridgehead atoms. The molecule has 0 amide bonds. The molecule has 0 saturated heterocycles. The fraction of sp³-hybridized carbons (Fsp3) is 0.200. The van der Waals surface area contributed by atoms with Crippen LogP contribution in [0.5, 0.6) is 0 Å². The molecule has 0 N–H and O–H groups in total. The topological polar surface area (TPSA) is 87.3 Å². The Morgan fingerprint density at radius 2 is 1.69 bits per heavy atom. The maximum atomic E-state index is 14.0. The van der Waals surface area contributed by atoms with Gasteiger partial charge < -0.3 is 4.74 Å². The van der Waals surface area contributed by atoms with Crippen LogP contribution in [-0.2, 0) is 24.3 Å². The highest BCUT2D eigenvalue weighted by molar-refractivity contribution is 5.92. The Hall–Kier alpha value is -3.62. The van der Waals surface area contributed by atoms with Gasteiger partial charge in [0.1, 0.15) is 23.9 Å². The summed E-state index contributed by atoms with van der Waals surface area (Å²) in [5.74, 6) is -2.10. The van der Waals surface area contributed by atoms with Crippen LogP contribution in [0.4, 0.5) is 14.5 Å². The number of aromatic nitrogens is 2. The molecule has 29 heavy (non-hydrogen) atoms. The zero-order valence-electron chi connectivity index (χ0n) is 15.5. The SMILES string of the molecule is CCc1c([N+](=O)[O-])c(C(=O)OCc2ccccc2F)nn1Cc1ccccc1F. The van der Waals surface area contributed by atoms with Crippen molar-refractivity contribution >= 4 is 11.7 Å². The van der Waals surface area contributed by atoms with Crippen molar-refractivity contribution in [1.29, 1.82) is 0 Å². The van der Waals surface area contributed by atoms with E-state index in [4.69, 9.17) is 4.74 Å². The number of esters is 1. The van der Waals surface area contributed by atoms with E-state index in [2.05, 4.69) is 5.10 Å². The molecule has 2 aromatic carbocycles. The average Bonchev–Trinajstić information content (AvgIpc) is 3.07. The highest BCUT2D eigenvalue weighted by Crippen LogP contribution is 2.26. The third-order valence-corrected chi connectivity index (χ3v) is 4.34. The molecule has 0 saturated carbocycles. The largest absolute Gasteiger partial charge is 0.456 e. The van der Waals surface area contributed by atoms with Crippen molar-refractivity contribution in [3.8, 4) is 0 Å². The van der Waals surface area contributed by atoms with Crippen LogP contribution in [0, 0.1) is 21.7 Å². The van der Waals surface area contributed by atoms with E-state index in [9.17, 15) is 23.7 Å². The number of nitro groups is 1. The van der Waals surface area contributed by atoms with Crippen molar-refractivity contribution < 1.29 is 23.2 Å². The van der Waals surface area contributed by atoms with E-state index in [1.165, 1.54) is 41.1 Å². The molecule has 1 heterocycles. The van der Waals surface area contributed by atoms with E-state index in [1.54, 1.807) is 19.1 Å². The van der Waals surface area contributed by atoms with Gasteiger partial charge in [0.25, 0.3) is 0 Å². The van der Waals surface area contributed by atoms with E-state index in [-0.39, 0.29) is 29.8 Å². The van der Waals surface area contributed by atoms with E-state index < -0.39 is 40.5 Å². The molecule has 0 unspecified atom stereocenters. The lowest BCUT2D eigenvalue weighted by Gasteiger charge is -2.06. The number of hydrogen-bond acceptors (Lipinski definition) is 5. The Bertz CT molecular complexity index is 1070. The Kier molecular flexibility index (Phi) is 5.96. The first kappa shape index (κ1) is 20.1. The van der Waals surface area contributed by atoms with Gasteiger partial charge in [-0.15, -0.1) is 0 Å². The van der Waals surface area contributed by atoms with Crippen molar-refractivity contribution in [1.82, 2.24) is 9.78 Å². The maximum Gasteiger partial charge on any atom is 0.366 e.